The van der Waals surface area contributed by atoms with Crippen LogP contribution >= 0.6 is 0 Å². The van der Waals surface area contributed by atoms with Crippen molar-refractivity contribution in [3.63, 3.8) is 0 Å². The van der Waals surface area contributed by atoms with Gasteiger partial charge in [0.25, 0.3) is 23.6 Å². The summed E-state index contributed by atoms with van der Waals surface area (Å²) in [4.78, 5) is 137. The van der Waals surface area contributed by atoms with Crippen molar-refractivity contribution in [3.05, 3.63) is 11.5 Å². The summed E-state index contributed by atoms with van der Waals surface area (Å²) in [7, 11) is 0. The first-order chi connectivity index (χ1) is 45.6. The number of nitrogens with zero attached hydrogens (tertiary/aromatic N) is 9. The third kappa shape index (κ3) is 39.8. The number of nitrogens with one attached hydrogen (secondary N) is 2. The molecule has 10 unspecified atom stereocenters. The first-order valence-electron chi connectivity index (χ1n) is 28.2. The van der Waals surface area contributed by atoms with Gasteiger partial charge in [0.2, 0.25) is 11.8 Å². The van der Waals surface area contributed by atoms with Crippen LogP contribution in [0.15, 0.2) is 32.1 Å². The number of carbonyl (C=O) groups is 9. The summed E-state index contributed by atoms with van der Waals surface area (Å²) in [5.41, 5.74) is 0. The molecule has 49 heteroatoms. The number of hydrogen-bond acceptors (Lipinski definition) is 43. The Morgan fingerprint density at radius 1 is 0.394 bits per heavy atom. The van der Waals surface area contributed by atoms with E-state index in [1.807, 2.05) is 0 Å². The molecule has 0 saturated carbocycles. The van der Waals surface area contributed by atoms with Crippen LogP contribution in [0.5, 0.6) is 0 Å². The van der Waals surface area contributed by atoms with E-state index in [9.17, 15) is 140 Å². The topological polar surface area (TPSA) is 786 Å². The fourth-order valence-electron chi connectivity index (χ4n) is 7.20. The number of carboxylic acids is 3. The van der Waals surface area contributed by atoms with E-state index < -0.39 is 288 Å². The van der Waals surface area contributed by atoms with Crippen LogP contribution in [0.1, 0.15) is 0 Å². The largest absolute Gasteiger partial charge is 3.00 e. The predicted octanol–water partition coefficient (Wildman–Crippen LogP) is -21.4. The minimum atomic E-state index is -2.27. The summed E-state index contributed by atoms with van der Waals surface area (Å²) in [5.74, 6) is -14.8. The van der Waals surface area contributed by atoms with Crippen LogP contribution < -0.4 is 26.0 Å². The van der Waals surface area contributed by atoms with Crippen molar-refractivity contribution in [2.45, 2.75) is 85.5 Å². The molecule has 569 valence electrons. The Labute approximate surface area is 591 Å². The number of imide groups is 2. The summed E-state index contributed by atoms with van der Waals surface area (Å²) in [6.45, 7) is -18.1. The van der Waals surface area contributed by atoms with E-state index in [2.05, 4.69) is 31.3 Å². The zero-order chi connectivity index (χ0) is 74.1. The smallest absolute Gasteiger partial charge is 0.549 e. The van der Waals surface area contributed by atoms with Crippen LogP contribution in [0.4, 0.5) is 0 Å². The first kappa shape index (κ1) is 96.5. The molecule has 1 radical (unpaired) electrons. The molecule has 0 aromatic carbocycles. The standard InChI is InChI=1S/C50H85N11O36.Gd.H2O/c62-18-30(70)47(90)43(86)26(66)9-53-94-22-36(76)60(37(77)23-95-54-10-27(67)44(87)48(91)31(71)19-63)3-1-51-34(74)13-58(16-41(82)83)7-5-57(15-40(80)81)6-8-59(17-42(84)85)14-35(75)52-2-4-61(38(78)24-96-55-11-28(68)45(88)49(92)32(72)20-64)39(79)25-97-56-12-29(69)46(89)50(93)33(73)21-65;;/h9-12,26-32,43-49,62-73,86-93H,1-8,13-25H2,(H,51,74)(H,52,75)(H,80,81)(H,82,83)(H,84,85);;1H2/q;+3;/p-3/b50-33+,53-9+,54-10+,55-11+,56-12+;;/t26?,27?,28?,29?,30?,31?,32?,43-,44+,45-,46+,47?,48?,49?;;/m0../s1. The summed E-state index contributed by atoms with van der Waals surface area (Å²) in [6, 6.07) is 0. The second-order valence-corrected chi connectivity index (χ2v) is 20.1. The van der Waals surface area contributed by atoms with E-state index in [1.54, 1.807) is 0 Å². The predicted molar refractivity (Wildman–Crippen MR) is 310 cm³/mol. The molecule has 0 heterocycles. The quantitative estimate of drug-likeness (QED) is 0.0153. The maximum atomic E-state index is 13.2. The number of aliphatic hydroxyl groups is 20. The Bertz CT molecular complexity index is 2530. The maximum Gasteiger partial charge on any atom is 3.00 e. The van der Waals surface area contributed by atoms with Crippen molar-refractivity contribution in [2.24, 2.45) is 20.6 Å². The van der Waals surface area contributed by atoms with Crippen LogP contribution in [-0.2, 0) is 62.5 Å². The van der Waals surface area contributed by atoms with Gasteiger partial charge in [-0.2, -0.15) is 0 Å². The molecule has 14 atom stereocenters. The molecule has 48 nitrogen and oxygen atoms in total. The summed E-state index contributed by atoms with van der Waals surface area (Å²) < 4.78 is 0. The van der Waals surface area contributed by atoms with Gasteiger partial charge in [0.1, 0.15) is 92.1 Å². The fraction of sp³-hybridized carbons (Fsp3) is 0.700. The summed E-state index contributed by atoms with van der Waals surface area (Å²) in [6.07, 6.45) is -27.3. The van der Waals surface area contributed by atoms with E-state index in [-0.39, 0.29) is 45.4 Å². The average Bonchev–Trinajstić information content (AvgIpc) is 0.948. The molecule has 0 rings (SSSR count). The number of hydrogen-bond donors (Lipinski definition) is 22. The van der Waals surface area contributed by atoms with Crippen molar-refractivity contribution in [3.8, 4) is 0 Å². The van der Waals surface area contributed by atoms with Crippen LogP contribution in [-0.4, -0.2) is 434 Å². The molecule has 6 amide bonds. The van der Waals surface area contributed by atoms with Gasteiger partial charge in [-0.25, -0.2) is 0 Å². The SMILES string of the molecule is O.O=C([O-])CN(CCN(CC(=O)[O-])CC(=O)NCCN(C(=O)CO/N=C/C(O)[C@@H](O)C(O)C(O)CO)C(=O)CO/N=C/C(O)[C@H](O)C(O)C(O)CO)CCN(CC(=O)[O-])CC(=O)NCCN(C(=O)CO/N=C/C(O)[C@H](O)C(O)C(O)CO)C(=O)CO/N=C/C(O)[C@@H](O)/C(O)=C(\O)CO.[Gd+3]. The van der Waals surface area contributed by atoms with Gasteiger partial charge in [-0.05, 0) is 0 Å². The number of amides is 6. The molecule has 0 aliphatic rings. The zero-order valence-electron chi connectivity index (χ0n) is 52.1. The Hall–Kier alpha value is -6.71. The Morgan fingerprint density at radius 3 is 0.919 bits per heavy atom. The molecule has 0 fully saturated rings. The summed E-state index contributed by atoms with van der Waals surface area (Å²) >= 11 is 0. The van der Waals surface area contributed by atoms with Gasteiger partial charge in [-0.1, -0.05) is 20.6 Å². The number of aliphatic hydroxyl groups excluding tert-OH is 20. The second kappa shape index (κ2) is 53.2. The van der Waals surface area contributed by atoms with Gasteiger partial charge in [0.05, 0.1) is 75.7 Å². The second-order valence-electron chi connectivity index (χ2n) is 20.1. The van der Waals surface area contributed by atoms with Crippen molar-refractivity contribution in [2.75, 3.05) is 138 Å². The Morgan fingerprint density at radius 2 is 0.657 bits per heavy atom. The molecule has 24 N–H and O–H groups in total. The maximum absolute atomic E-state index is 13.2. The molecule has 99 heavy (non-hydrogen) atoms. The molecule has 0 aromatic rings. The number of aliphatic carboxylic acids is 3. The first-order valence-corrected chi connectivity index (χ1v) is 28.2. The minimum Gasteiger partial charge on any atom is -0.549 e. The van der Waals surface area contributed by atoms with Gasteiger partial charge >= 0.3 is 39.9 Å². The number of oxime groups is 4. The average molecular weight is 1590 g/mol. The minimum absolute atomic E-state index is 0. The molecule has 0 aliphatic carbocycles. The Kier molecular flexibility index (Phi) is 51.8. The van der Waals surface area contributed by atoms with Crippen molar-refractivity contribution < 1.29 is 225 Å². The molecule has 0 saturated heterocycles. The van der Waals surface area contributed by atoms with E-state index in [1.165, 1.54) is 0 Å². The van der Waals surface area contributed by atoms with Crippen molar-refractivity contribution in [1.29, 1.82) is 0 Å². The van der Waals surface area contributed by atoms with Crippen molar-refractivity contribution >= 4 is 78.2 Å². The van der Waals surface area contributed by atoms with Crippen molar-refractivity contribution in [1.82, 2.24) is 35.1 Å². The molecular formula is C50H84GdN11O37. The Balaban J connectivity index is -0.0000461. The van der Waals surface area contributed by atoms with E-state index in [0.29, 0.717) is 34.7 Å². The van der Waals surface area contributed by atoms with Gasteiger partial charge in [0.15, 0.2) is 37.9 Å². The normalized spacial score (nSPS) is 16.3. The molecule has 0 aliphatic heterocycles. The van der Waals surface area contributed by atoms with Crippen LogP contribution in [0.25, 0.3) is 0 Å². The fourth-order valence-corrected chi connectivity index (χ4v) is 7.20. The van der Waals surface area contributed by atoms with Gasteiger partial charge in [-0.15, -0.1) is 0 Å². The van der Waals surface area contributed by atoms with Gasteiger partial charge in [-0.3, -0.25) is 53.3 Å². The third-order valence-corrected chi connectivity index (χ3v) is 12.6. The number of carbonyl (C=O) groups excluding carboxylic acids is 9. The third-order valence-electron chi connectivity index (χ3n) is 12.6. The number of rotatable bonds is 53. The van der Waals surface area contributed by atoms with Gasteiger partial charge in [0, 0.05) is 72.0 Å². The molecule has 0 spiro atoms. The monoisotopic (exact) mass is 1590 g/mol. The summed E-state index contributed by atoms with van der Waals surface area (Å²) in [5, 5.41) is 245. The molecular weight excluding hydrogens is 1500 g/mol. The van der Waals surface area contributed by atoms with E-state index in [0.717, 1.165) is 14.7 Å². The van der Waals surface area contributed by atoms with Crippen LogP contribution in [0, 0.1) is 39.9 Å². The number of carboxylic acid groups (broad SMARTS) is 3. The zero-order valence-corrected chi connectivity index (χ0v) is 54.4. The molecule has 0 aromatic heterocycles. The van der Waals surface area contributed by atoms with Gasteiger partial charge < -0.3 is 167 Å². The van der Waals surface area contributed by atoms with Crippen LogP contribution in [0.3, 0.4) is 0 Å². The van der Waals surface area contributed by atoms with E-state index in [4.69, 9.17) is 39.8 Å². The van der Waals surface area contributed by atoms with E-state index >= 15 is 0 Å². The molecule has 0 bridgehead atoms. The van der Waals surface area contributed by atoms with Crippen LogP contribution in [0.2, 0.25) is 0 Å².